The van der Waals surface area contributed by atoms with Gasteiger partial charge in [-0.2, -0.15) is 5.10 Å². The van der Waals surface area contributed by atoms with Gasteiger partial charge in [0.15, 0.2) is 5.69 Å². The Hall–Kier alpha value is -2.67. The first-order valence-corrected chi connectivity index (χ1v) is 8.11. The Labute approximate surface area is 139 Å². The van der Waals surface area contributed by atoms with Gasteiger partial charge in [-0.15, -0.1) is 0 Å². The minimum absolute atomic E-state index is 0.167. The Bertz CT molecular complexity index is 923. The maximum atomic E-state index is 12.5. The van der Waals surface area contributed by atoms with E-state index in [1.807, 2.05) is 23.7 Å². The van der Waals surface area contributed by atoms with Crippen LogP contribution < -0.4 is 10.6 Å². The molecule has 0 radical (unpaired) electrons. The minimum atomic E-state index is -0.167. The van der Waals surface area contributed by atoms with Crippen LogP contribution in [0.5, 0.6) is 0 Å². The highest BCUT2D eigenvalue weighted by atomic mass is 16.1. The zero-order valence-corrected chi connectivity index (χ0v) is 13.8. The fraction of sp³-hybridized carbons (Fsp3) is 0.353. The molecular formula is C17H20N6O. The lowest BCUT2D eigenvalue weighted by Crippen LogP contribution is -2.28. The third-order valence-corrected chi connectivity index (χ3v) is 4.62. The summed E-state index contributed by atoms with van der Waals surface area (Å²) in [6, 6.07) is 6.05. The molecule has 3 aromatic rings. The zero-order chi connectivity index (χ0) is 16.7. The van der Waals surface area contributed by atoms with Gasteiger partial charge in [-0.25, -0.2) is 4.98 Å². The van der Waals surface area contributed by atoms with Crippen molar-refractivity contribution in [2.24, 2.45) is 7.05 Å². The number of carbonyl (C=O) groups is 1. The molecule has 3 heterocycles. The number of carbonyl (C=O) groups excluding carboxylic acids is 1. The van der Waals surface area contributed by atoms with Crippen LogP contribution in [0.15, 0.2) is 18.2 Å². The average molecular weight is 324 g/mol. The van der Waals surface area contributed by atoms with Crippen molar-refractivity contribution in [3.05, 3.63) is 46.5 Å². The fourth-order valence-corrected chi connectivity index (χ4v) is 3.33. The third-order valence-electron chi connectivity index (χ3n) is 4.62. The molecule has 0 saturated heterocycles. The fourth-order valence-electron chi connectivity index (χ4n) is 3.33. The summed E-state index contributed by atoms with van der Waals surface area (Å²) in [6.07, 6.45) is 0.875. The number of aryl methyl sites for hydroxylation is 2. The van der Waals surface area contributed by atoms with E-state index >= 15 is 0 Å². The number of rotatable bonds is 3. The van der Waals surface area contributed by atoms with Crippen molar-refractivity contribution >= 4 is 16.9 Å². The summed E-state index contributed by atoms with van der Waals surface area (Å²) in [6.45, 7) is 4.03. The standard InChI is InChI=1S/C17H20N6O/c1-10-4-3-5-13-16(10)23(2)14(20-13)9-19-17(24)15-11-8-18-7-6-12(11)21-22-15/h3-5,18H,6-9H2,1-2H3,(H,19,24)(H,21,22). The van der Waals surface area contributed by atoms with Gasteiger partial charge in [-0.05, 0) is 18.6 Å². The van der Waals surface area contributed by atoms with Crippen molar-refractivity contribution in [3.8, 4) is 0 Å². The smallest absolute Gasteiger partial charge is 0.272 e. The molecule has 7 heteroatoms. The predicted molar refractivity (Wildman–Crippen MR) is 90.6 cm³/mol. The Morgan fingerprint density at radius 2 is 2.29 bits per heavy atom. The van der Waals surface area contributed by atoms with E-state index in [-0.39, 0.29) is 5.91 Å². The second kappa shape index (κ2) is 5.76. The van der Waals surface area contributed by atoms with Crippen molar-refractivity contribution in [1.82, 2.24) is 30.4 Å². The van der Waals surface area contributed by atoms with E-state index < -0.39 is 0 Å². The van der Waals surface area contributed by atoms with Crippen LogP contribution in [0.25, 0.3) is 11.0 Å². The molecular weight excluding hydrogens is 304 g/mol. The molecule has 0 unspecified atom stereocenters. The van der Waals surface area contributed by atoms with Gasteiger partial charge in [0.05, 0.1) is 17.6 Å². The number of amides is 1. The Morgan fingerprint density at radius 3 is 3.12 bits per heavy atom. The number of para-hydroxylation sites is 1. The predicted octanol–water partition coefficient (Wildman–Crippen LogP) is 1.18. The lowest BCUT2D eigenvalue weighted by molar-refractivity contribution is 0.0943. The molecule has 24 heavy (non-hydrogen) atoms. The lowest BCUT2D eigenvalue weighted by Gasteiger charge is -2.12. The molecule has 0 saturated carbocycles. The van der Waals surface area contributed by atoms with E-state index in [1.165, 1.54) is 5.56 Å². The molecule has 1 aliphatic heterocycles. The summed E-state index contributed by atoms with van der Waals surface area (Å²) < 4.78 is 2.03. The van der Waals surface area contributed by atoms with Crippen molar-refractivity contribution in [3.63, 3.8) is 0 Å². The summed E-state index contributed by atoms with van der Waals surface area (Å²) >= 11 is 0. The van der Waals surface area contributed by atoms with Crippen LogP contribution in [0.2, 0.25) is 0 Å². The van der Waals surface area contributed by atoms with Crippen LogP contribution in [0.4, 0.5) is 0 Å². The van der Waals surface area contributed by atoms with Gasteiger partial charge in [-0.3, -0.25) is 9.89 Å². The van der Waals surface area contributed by atoms with E-state index in [1.54, 1.807) is 0 Å². The molecule has 0 aliphatic carbocycles. The molecule has 4 rings (SSSR count). The second-order valence-electron chi connectivity index (χ2n) is 6.17. The Morgan fingerprint density at radius 1 is 1.42 bits per heavy atom. The molecule has 1 aliphatic rings. The number of imidazole rings is 1. The normalized spacial score (nSPS) is 13.9. The van der Waals surface area contributed by atoms with Gasteiger partial charge in [0.2, 0.25) is 0 Å². The minimum Gasteiger partial charge on any atom is -0.343 e. The quantitative estimate of drug-likeness (QED) is 0.675. The highest BCUT2D eigenvalue weighted by Crippen LogP contribution is 2.19. The number of aromatic nitrogens is 4. The number of H-pyrrole nitrogens is 1. The average Bonchev–Trinajstić information content (AvgIpc) is 3.15. The number of benzene rings is 1. The zero-order valence-electron chi connectivity index (χ0n) is 13.8. The largest absolute Gasteiger partial charge is 0.343 e. The molecule has 1 aromatic carbocycles. The van der Waals surface area contributed by atoms with Crippen molar-refractivity contribution in [1.29, 1.82) is 0 Å². The Balaban J connectivity index is 1.55. The van der Waals surface area contributed by atoms with E-state index in [9.17, 15) is 4.79 Å². The number of nitrogens with one attached hydrogen (secondary N) is 3. The molecule has 0 bridgehead atoms. The van der Waals surface area contributed by atoms with Crippen LogP contribution in [-0.4, -0.2) is 32.2 Å². The first kappa shape index (κ1) is 14.9. The second-order valence-corrected chi connectivity index (χ2v) is 6.17. The highest BCUT2D eigenvalue weighted by Gasteiger charge is 2.21. The van der Waals surface area contributed by atoms with E-state index in [2.05, 4.69) is 38.8 Å². The topological polar surface area (TPSA) is 87.6 Å². The molecule has 124 valence electrons. The van der Waals surface area contributed by atoms with Crippen LogP contribution in [0, 0.1) is 6.92 Å². The van der Waals surface area contributed by atoms with E-state index in [4.69, 9.17) is 0 Å². The first-order chi connectivity index (χ1) is 11.6. The summed E-state index contributed by atoms with van der Waals surface area (Å²) in [4.78, 5) is 17.1. The van der Waals surface area contributed by atoms with Gasteiger partial charge in [0.1, 0.15) is 5.82 Å². The van der Waals surface area contributed by atoms with E-state index in [0.29, 0.717) is 18.8 Å². The van der Waals surface area contributed by atoms with Gasteiger partial charge in [0, 0.05) is 37.8 Å². The number of hydrogen-bond donors (Lipinski definition) is 3. The third kappa shape index (κ3) is 2.37. The first-order valence-electron chi connectivity index (χ1n) is 8.11. The molecule has 0 atom stereocenters. The Kier molecular flexibility index (Phi) is 3.57. The molecule has 2 aromatic heterocycles. The monoisotopic (exact) mass is 324 g/mol. The molecule has 0 fully saturated rings. The summed E-state index contributed by atoms with van der Waals surface area (Å²) in [5.74, 6) is 0.662. The summed E-state index contributed by atoms with van der Waals surface area (Å²) in [7, 11) is 1.98. The van der Waals surface area contributed by atoms with Crippen molar-refractivity contribution in [2.45, 2.75) is 26.4 Å². The van der Waals surface area contributed by atoms with Gasteiger partial charge >= 0.3 is 0 Å². The molecule has 0 spiro atoms. The molecule has 3 N–H and O–H groups in total. The molecule has 1 amide bonds. The number of fused-ring (bicyclic) bond motifs is 2. The van der Waals surface area contributed by atoms with E-state index in [0.717, 1.165) is 41.1 Å². The van der Waals surface area contributed by atoms with Crippen LogP contribution in [-0.2, 0) is 26.6 Å². The lowest BCUT2D eigenvalue weighted by atomic mass is 10.1. The summed E-state index contributed by atoms with van der Waals surface area (Å²) in [5.41, 5.74) is 5.72. The highest BCUT2D eigenvalue weighted by molar-refractivity contribution is 5.94. The molecule has 7 nitrogen and oxygen atoms in total. The van der Waals surface area contributed by atoms with Crippen LogP contribution in [0.3, 0.4) is 0 Å². The van der Waals surface area contributed by atoms with Gasteiger partial charge in [0.25, 0.3) is 5.91 Å². The van der Waals surface area contributed by atoms with Crippen molar-refractivity contribution < 1.29 is 4.79 Å². The van der Waals surface area contributed by atoms with Crippen LogP contribution >= 0.6 is 0 Å². The summed E-state index contributed by atoms with van der Waals surface area (Å²) in [5, 5.41) is 13.4. The van der Waals surface area contributed by atoms with Crippen LogP contribution in [0.1, 0.15) is 33.1 Å². The number of aromatic amines is 1. The number of hydrogen-bond acceptors (Lipinski definition) is 4. The van der Waals surface area contributed by atoms with Crippen molar-refractivity contribution in [2.75, 3.05) is 6.54 Å². The maximum Gasteiger partial charge on any atom is 0.272 e. The number of nitrogens with zero attached hydrogens (tertiary/aromatic N) is 3. The SMILES string of the molecule is Cc1cccc2nc(CNC(=O)c3n[nH]c4c3CNCC4)n(C)c12. The van der Waals surface area contributed by atoms with Gasteiger partial charge in [-0.1, -0.05) is 12.1 Å². The maximum absolute atomic E-state index is 12.5. The van der Waals surface area contributed by atoms with Gasteiger partial charge < -0.3 is 15.2 Å².